The van der Waals surface area contributed by atoms with E-state index in [0.29, 0.717) is 5.76 Å². The summed E-state index contributed by atoms with van der Waals surface area (Å²) in [6.45, 7) is 0. The molecule has 2 aliphatic heterocycles. The molecule has 2 heterocycles. The lowest BCUT2D eigenvalue weighted by atomic mass is 10.2. The van der Waals surface area contributed by atoms with Crippen LogP contribution in [0.2, 0.25) is 0 Å². The molecule has 0 unspecified atom stereocenters. The molecule has 0 atom stereocenters. The standard InChI is InChI=1S/C9H5N3O/c1-2-4-7-6(3-1)9-8(13-12-7)5-10-11-9/h1-5H. The SMILES string of the molecule is c1ccc2c3nncc-3onc2c1. The molecule has 0 radical (unpaired) electrons. The summed E-state index contributed by atoms with van der Waals surface area (Å²) in [7, 11) is 0. The highest BCUT2D eigenvalue weighted by atomic mass is 16.5. The Labute approximate surface area is 73.5 Å². The molecule has 0 amide bonds. The van der Waals surface area contributed by atoms with Crippen LogP contribution in [0.25, 0.3) is 22.4 Å². The molecule has 4 heteroatoms. The van der Waals surface area contributed by atoms with Crippen molar-refractivity contribution in [2.75, 3.05) is 0 Å². The van der Waals surface area contributed by atoms with Gasteiger partial charge in [-0.05, 0) is 6.07 Å². The molecule has 0 fully saturated rings. The molecule has 4 nitrogen and oxygen atoms in total. The summed E-state index contributed by atoms with van der Waals surface area (Å²) in [6, 6.07) is 7.69. The van der Waals surface area contributed by atoms with Crippen molar-refractivity contribution in [3.8, 4) is 11.5 Å². The molecule has 0 bridgehead atoms. The van der Waals surface area contributed by atoms with Crippen molar-refractivity contribution in [1.82, 2.24) is 15.4 Å². The lowest BCUT2D eigenvalue weighted by molar-refractivity contribution is 0.426. The minimum atomic E-state index is 0.624. The van der Waals surface area contributed by atoms with Gasteiger partial charge < -0.3 is 4.52 Å². The first-order valence-electron chi connectivity index (χ1n) is 3.91. The molecule has 13 heavy (non-hydrogen) atoms. The van der Waals surface area contributed by atoms with Crippen LogP contribution in [0.3, 0.4) is 0 Å². The summed E-state index contributed by atoms with van der Waals surface area (Å²) in [5.41, 5.74) is 1.57. The van der Waals surface area contributed by atoms with E-state index in [0.717, 1.165) is 16.6 Å². The molecular formula is C9H5N3O. The predicted molar refractivity (Wildman–Crippen MR) is 46.2 cm³/mol. The van der Waals surface area contributed by atoms with E-state index in [1.54, 1.807) is 6.20 Å². The Morgan fingerprint density at radius 3 is 3.08 bits per heavy atom. The zero-order valence-corrected chi connectivity index (χ0v) is 6.64. The molecule has 1 aromatic carbocycles. The van der Waals surface area contributed by atoms with E-state index in [9.17, 15) is 0 Å². The summed E-state index contributed by atoms with van der Waals surface area (Å²) in [5, 5.41) is 12.6. The van der Waals surface area contributed by atoms with Crippen LogP contribution in [0.1, 0.15) is 0 Å². The number of hydrogen-bond donors (Lipinski definition) is 0. The highest BCUT2D eigenvalue weighted by Crippen LogP contribution is 2.25. The van der Waals surface area contributed by atoms with Crippen LogP contribution in [0.15, 0.2) is 35.0 Å². The van der Waals surface area contributed by atoms with E-state index in [-0.39, 0.29) is 0 Å². The van der Waals surface area contributed by atoms with Crippen LogP contribution in [0.4, 0.5) is 0 Å². The molecule has 62 valence electrons. The fourth-order valence-corrected chi connectivity index (χ4v) is 1.35. The average Bonchev–Trinajstić information content (AvgIpc) is 2.65. The summed E-state index contributed by atoms with van der Waals surface area (Å²) >= 11 is 0. The smallest absolute Gasteiger partial charge is 0.206 e. The van der Waals surface area contributed by atoms with Crippen LogP contribution in [0.5, 0.6) is 0 Å². The van der Waals surface area contributed by atoms with Crippen LogP contribution in [-0.2, 0) is 0 Å². The van der Waals surface area contributed by atoms with E-state index in [1.807, 2.05) is 24.3 Å². The van der Waals surface area contributed by atoms with E-state index < -0.39 is 0 Å². The Balaban J connectivity index is 2.57. The number of rotatable bonds is 0. The molecule has 0 N–H and O–H groups in total. The molecular weight excluding hydrogens is 166 g/mol. The Bertz CT molecular complexity index is 531. The van der Waals surface area contributed by atoms with E-state index in [2.05, 4.69) is 15.4 Å². The van der Waals surface area contributed by atoms with Gasteiger partial charge in [0.15, 0.2) is 0 Å². The van der Waals surface area contributed by atoms with E-state index in [1.165, 1.54) is 0 Å². The van der Waals surface area contributed by atoms with Crippen molar-refractivity contribution in [3.05, 3.63) is 30.5 Å². The first-order valence-corrected chi connectivity index (χ1v) is 3.91. The third-order valence-corrected chi connectivity index (χ3v) is 1.97. The number of aromatic nitrogens is 3. The minimum absolute atomic E-state index is 0.624. The molecule has 3 rings (SSSR count). The number of nitrogens with zero attached hydrogens (tertiary/aromatic N) is 3. The first kappa shape index (κ1) is 6.54. The summed E-state index contributed by atoms with van der Waals surface area (Å²) < 4.78 is 5.09. The fraction of sp³-hybridized carbons (Fsp3) is 0. The number of fused-ring (bicyclic) bond motifs is 3. The maximum Gasteiger partial charge on any atom is 0.206 e. The van der Waals surface area contributed by atoms with Crippen molar-refractivity contribution >= 4 is 10.9 Å². The van der Waals surface area contributed by atoms with Crippen molar-refractivity contribution in [2.45, 2.75) is 0 Å². The van der Waals surface area contributed by atoms with Crippen LogP contribution in [-0.4, -0.2) is 15.4 Å². The normalized spacial score (nSPS) is 11.1. The zero-order valence-electron chi connectivity index (χ0n) is 6.64. The third-order valence-electron chi connectivity index (χ3n) is 1.97. The fourth-order valence-electron chi connectivity index (χ4n) is 1.35. The van der Waals surface area contributed by atoms with E-state index in [4.69, 9.17) is 4.52 Å². The van der Waals surface area contributed by atoms with Crippen molar-refractivity contribution in [3.63, 3.8) is 0 Å². The van der Waals surface area contributed by atoms with Crippen LogP contribution in [0, 0.1) is 0 Å². The van der Waals surface area contributed by atoms with Gasteiger partial charge in [0, 0.05) is 5.39 Å². The molecule has 0 saturated heterocycles. The molecule has 0 saturated carbocycles. The molecule has 0 spiro atoms. The van der Waals surface area contributed by atoms with Gasteiger partial charge in [-0.25, -0.2) is 0 Å². The highest BCUT2D eigenvalue weighted by molar-refractivity contribution is 5.90. The van der Waals surface area contributed by atoms with E-state index >= 15 is 0 Å². The topological polar surface area (TPSA) is 51.8 Å². The second kappa shape index (κ2) is 2.26. The number of hydrogen-bond acceptors (Lipinski definition) is 4. The van der Waals surface area contributed by atoms with Gasteiger partial charge in [-0.2, -0.15) is 5.10 Å². The van der Waals surface area contributed by atoms with Crippen molar-refractivity contribution < 1.29 is 4.52 Å². The maximum absolute atomic E-state index is 5.09. The van der Waals surface area contributed by atoms with Gasteiger partial charge in [-0.3, -0.25) is 0 Å². The Morgan fingerprint density at radius 2 is 2.08 bits per heavy atom. The largest absolute Gasteiger partial charge is 0.352 e. The zero-order chi connectivity index (χ0) is 8.67. The molecule has 0 aliphatic carbocycles. The Hall–Kier alpha value is -1.97. The van der Waals surface area contributed by atoms with Crippen LogP contribution < -0.4 is 0 Å². The average molecular weight is 171 g/mol. The maximum atomic E-state index is 5.09. The van der Waals surface area contributed by atoms with Gasteiger partial charge in [-0.1, -0.05) is 23.4 Å². The van der Waals surface area contributed by atoms with Crippen LogP contribution >= 0.6 is 0 Å². The quantitative estimate of drug-likeness (QED) is 0.516. The first-order chi connectivity index (χ1) is 6.45. The van der Waals surface area contributed by atoms with Gasteiger partial charge in [0.1, 0.15) is 11.2 Å². The number of benzene rings is 1. The summed E-state index contributed by atoms with van der Waals surface area (Å²) in [6.07, 6.45) is 1.56. The van der Waals surface area contributed by atoms with Gasteiger partial charge in [0.2, 0.25) is 5.76 Å². The molecule has 2 aliphatic rings. The second-order valence-corrected chi connectivity index (χ2v) is 2.76. The predicted octanol–water partition coefficient (Wildman–Crippen LogP) is 1.72. The van der Waals surface area contributed by atoms with Crippen molar-refractivity contribution in [2.24, 2.45) is 0 Å². The lowest BCUT2D eigenvalue weighted by Gasteiger charge is -1.98. The monoisotopic (exact) mass is 171 g/mol. The minimum Gasteiger partial charge on any atom is -0.352 e. The Kier molecular flexibility index (Phi) is 1.14. The lowest BCUT2D eigenvalue weighted by Crippen LogP contribution is -1.84. The molecule has 1 aromatic rings. The Morgan fingerprint density at radius 1 is 1.15 bits per heavy atom. The van der Waals surface area contributed by atoms with Gasteiger partial charge >= 0.3 is 0 Å². The van der Waals surface area contributed by atoms with Gasteiger partial charge in [0.25, 0.3) is 0 Å². The highest BCUT2D eigenvalue weighted by Gasteiger charge is 2.12. The second-order valence-electron chi connectivity index (χ2n) is 2.76. The summed E-state index contributed by atoms with van der Waals surface area (Å²) in [5.74, 6) is 0.624. The van der Waals surface area contributed by atoms with Crippen molar-refractivity contribution in [1.29, 1.82) is 0 Å². The van der Waals surface area contributed by atoms with Gasteiger partial charge in [0.05, 0.1) is 6.20 Å². The molecule has 0 aromatic heterocycles. The van der Waals surface area contributed by atoms with Gasteiger partial charge in [-0.15, -0.1) is 5.10 Å². The summed E-state index contributed by atoms with van der Waals surface area (Å²) in [4.78, 5) is 0. The third kappa shape index (κ3) is 0.823.